The van der Waals surface area contributed by atoms with Gasteiger partial charge in [0.15, 0.2) is 5.69 Å². The molecule has 158 valence electrons. The highest BCUT2D eigenvalue weighted by Crippen LogP contribution is 2.20. The topological polar surface area (TPSA) is 143 Å². The number of nitrogens with one attached hydrogen (secondary N) is 1. The molecule has 12 nitrogen and oxygen atoms in total. The lowest BCUT2D eigenvalue weighted by Crippen LogP contribution is -2.29. The number of aromatic nitrogens is 4. The van der Waals surface area contributed by atoms with Crippen LogP contribution in [0.2, 0.25) is 0 Å². The minimum absolute atomic E-state index is 0.0151. The Morgan fingerprint density at radius 1 is 1.22 bits per heavy atom. The van der Waals surface area contributed by atoms with Crippen molar-refractivity contribution < 1.29 is 19.1 Å². The number of anilines is 1. The van der Waals surface area contributed by atoms with E-state index >= 15 is 0 Å². The molecule has 0 saturated carbocycles. The van der Waals surface area contributed by atoms with Crippen molar-refractivity contribution in [2.45, 2.75) is 13.3 Å². The molecule has 0 unspecified atom stereocenters. The minimum Gasteiger partial charge on any atom is -0.479 e. The van der Waals surface area contributed by atoms with Crippen LogP contribution in [-0.2, 0) is 0 Å². The second-order valence-corrected chi connectivity index (χ2v) is 6.29. The molecule has 2 aromatic rings. The van der Waals surface area contributed by atoms with Gasteiger partial charge in [-0.25, -0.2) is 9.65 Å². The zero-order valence-corrected chi connectivity index (χ0v) is 17.4. The van der Waals surface area contributed by atoms with Crippen LogP contribution in [0.5, 0.6) is 11.8 Å². The molecule has 32 heavy (non-hydrogen) atoms. The highest BCUT2D eigenvalue weighted by molar-refractivity contribution is 6.07. The number of ether oxygens (including phenoxy) is 2. The van der Waals surface area contributed by atoms with Crippen molar-refractivity contribution >= 4 is 29.5 Å². The van der Waals surface area contributed by atoms with Crippen LogP contribution in [0.3, 0.4) is 0 Å². The number of amides is 1. The van der Waals surface area contributed by atoms with Crippen LogP contribution in [-0.4, -0.2) is 67.9 Å². The van der Waals surface area contributed by atoms with E-state index in [4.69, 9.17) is 9.47 Å². The summed E-state index contributed by atoms with van der Waals surface area (Å²) in [6.45, 7) is 2.01. The van der Waals surface area contributed by atoms with Crippen LogP contribution < -0.4 is 19.5 Å². The quantitative estimate of drug-likeness (QED) is 0.517. The van der Waals surface area contributed by atoms with E-state index in [1.807, 2.05) is 13.0 Å². The van der Waals surface area contributed by atoms with Gasteiger partial charge in [-0.15, -0.1) is 15.1 Å². The van der Waals surface area contributed by atoms with Gasteiger partial charge in [0, 0.05) is 12.3 Å². The summed E-state index contributed by atoms with van der Waals surface area (Å²) in [4.78, 5) is 26.2. The molecule has 0 aliphatic carbocycles. The maximum atomic E-state index is 12.7. The van der Waals surface area contributed by atoms with Crippen molar-refractivity contribution in [3.8, 4) is 23.6 Å². The van der Waals surface area contributed by atoms with Crippen LogP contribution in [0.4, 0.5) is 5.69 Å². The zero-order chi connectivity index (χ0) is 22.5. The van der Waals surface area contributed by atoms with E-state index < -0.39 is 5.91 Å². The fourth-order valence-corrected chi connectivity index (χ4v) is 2.72. The lowest BCUT2D eigenvalue weighted by atomic mass is 10.2. The number of carbonyl (C=O) groups is 1. The monoisotopic (exact) mass is 431 g/mol. The van der Waals surface area contributed by atoms with E-state index in [2.05, 4.69) is 51.9 Å². The number of nitrogens with zero attached hydrogens (tertiary/aromatic N) is 8. The molecule has 0 spiro atoms. The molecule has 2 aromatic heterocycles. The van der Waals surface area contributed by atoms with Crippen LogP contribution in [0.15, 0.2) is 35.6 Å². The van der Waals surface area contributed by atoms with Gasteiger partial charge < -0.3 is 14.8 Å². The second-order valence-electron chi connectivity index (χ2n) is 6.29. The fourth-order valence-electron chi connectivity index (χ4n) is 2.72. The van der Waals surface area contributed by atoms with E-state index in [1.165, 1.54) is 32.8 Å². The smallest absolute Gasteiger partial charge is 0.469 e. The molecule has 0 atom stereocenters. The molecule has 0 bridgehead atoms. The zero-order valence-electron chi connectivity index (χ0n) is 17.4. The van der Waals surface area contributed by atoms with Crippen LogP contribution in [0.1, 0.15) is 29.4 Å². The van der Waals surface area contributed by atoms with Gasteiger partial charge in [0.1, 0.15) is 12.0 Å². The van der Waals surface area contributed by atoms with Gasteiger partial charge >= 0.3 is 12.2 Å². The summed E-state index contributed by atoms with van der Waals surface area (Å²) in [6.07, 6.45) is 6.97. The summed E-state index contributed by atoms with van der Waals surface area (Å²) in [7, 11) is 2.87. The minimum atomic E-state index is -0.541. The van der Waals surface area contributed by atoms with Gasteiger partial charge in [-0.1, -0.05) is 11.7 Å². The van der Waals surface area contributed by atoms with Crippen LogP contribution in [0, 0.1) is 11.8 Å². The largest absolute Gasteiger partial charge is 0.479 e. The summed E-state index contributed by atoms with van der Waals surface area (Å²) in [5, 5.41) is 14.6. The molecule has 0 fully saturated rings. The number of hydrogen-bond acceptors (Lipinski definition) is 9. The maximum absolute atomic E-state index is 12.7. The first-order valence-electron chi connectivity index (χ1n) is 9.41. The number of carbonyl (C=O) groups excluding carboxylic acids is 1. The van der Waals surface area contributed by atoms with Gasteiger partial charge in [0.05, 0.1) is 37.2 Å². The Bertz CT molecular complexity index is 1320. The predicted octanol–water partition coefficient (Wildman–Crippen LogP) is 0.0636. The standard InChI is InChI=1S/C20H16N9O3/c1-4-13-8-17-27-26-16(29(17)11-23-13)6-5-12-7-14(25-28-19(12)31-2)18(30)24-15-9-21-10-22-20(15)32-3/h7-11H,4H2,1-3H3/q+1/p+1. The predicted molar refractivity (Wildman–Crippen MR) is 113 cm³/mol. The summed E-state index contributed by atoms with van der Waals surface area (Å²) in [5.74, 6) is 6.68. The number of fused-ring (bicyclic) bond motifs is 1. The van der Waals surface area contributed by atoms with Gasteiger partial charge in [-0.2, -0.15) is 4.98 Å². The highest BCUT2D eigenvalue weighted by Gasteiger charge is 2.35. The molecule has 2 aliphatic rings. The molecule has 0 aromatic carbocycles. The molecule has 2 aliphatic heterocycles. The molecule has 12 heteroatoms. The summed E-state index contributed by atoms with van der Waals surface area (Å²) < 4.78 is 14.7. The van der Waals surface area contributed by atoms with Gasteiger partial charge in [0.25, 0.3) is 11.7 Å². The third-order valence-corrected chi connectivity index (χ3v) is 4.33. The normalized spacial score (nSPS) is 13.3. The third-order valence-electron chi connectivity index (χ3n) is 4.33. The van der Waals surface area contributed by atoms with Crippen molar-refractivity contribution in [3.05, 3.63) is 41.7 Å². The summed E-state index contributed by atoms with van der Waals surface area (Å²) in [6, 6.07) is 1.46. The van der Waals surface area contributed by atoms with Gasteiger partial charge in [-0.3, -0.25) is 4.79 Å². The SMILES string of the molecule is CCC1=[N+]=CN2C(=C1)N=[N+]=C2C#Cc1cc(C(=O)Nc2cncnc2OC)nnc1OC. The first kappa shape index (κ1) is 20.4. The Morgan fingerprint density at radius 3 is 2.84 bits per heavy atom. The molecule has 1 N–H and O–H groups in total. The Balaban J connectivity index is 1.59. The van der Waals surface area contributed by atoms with E-state index in [-0.39, 0.29) is 17.5 Å². The molecule has 1 amide bonds. The number of hydrogen-bond donors (Lipinski definition) is 1. The van der Waals surface area contributed by atoms with Crippen molar-refractivity contribution in [2.24, 2.45) is 5.11 Å². The van der Waals surface area contributed by atoms with Crippen molar-refractivity contribution in [1.29, 1.82) is 0 Å². The van der Waals surface area contributed by atoms with Crippen molar-refractivity contribution in [2.75, 3.05) is 19.5 Å². The number of amidine groups is 1. The van der Waals surface area contributed by atoms with Crippen LogP contribution in [0.25, 0.3) is 0 Å². The molecule has 0 radical (unpaired) electrons. The van der Waals surface area contributed by atoms with E-state index in [0.29, 0.717) is 22.9 Å². The average Bonchev–Trinajstić information content (AvgIpc) is 3.24. The third kappa shape index (κ3) is 4.06. The van der Waals surface area contributed by atoms with Crippen molar-refractivity contribution in [3.63, 3.8) is 0 Å². The Kier molecular flexibility index (Phi) is 5.68. The number of allylic oxidation sites excluding steroid dienone is 1. The lowest BCUT2D eigenvalue weighted by molar-refractivity contribution is -0.0718. The molecular formula is C20H17N9O3+2. The summed E-state index contributed by atoms with van der Waals surface area (Å²) in [5.41, 5.74) is 1.56. The molecule has 4 rings (SSSR count). The molecule has 4 heterocycles. The van der Waals surface area contributed by atoms with Crippen LogP contribution >= 0.6 is 0 Å². The number of methoxy groups -OCH3 is 2. The summed E-state index contributed by atoms with van der Waals surface area (Å²) >= 11 is 0. The molecule has 0 saturated heterocycles. The fraction of sp³-hybridized carbons (Fsp3) is 0.200. The van der Waals surface area contributed by atoms with E-state index in [0.717, 1.165) is 12.1 Å². The number of rotatable bonds is 5. The first-order valence-corrected chi connectivity index (χ1v) is 9.41. The van der Waals surface area contributed by atoms with Gasteiger partial charge in [-0.05, 0) is 12.0 Å². The van der Waals surface area contributed by atoms with E-state index in [1.54, 1.807) is 11.2 Å². The molecular weight excluding hydrogens is 414 g/mol. The first-order chi connectivity index (χ1) is 15.6. The Morgan fingerprint density at radius 2 is 2.06 bits per heavy atom. The second kappa shape index (κ2) is 8.89. The Hall–Kier alpha value is -4.84. The lowest BCUT2D eigenvalue weighted by Gasteiger charge is -2.08. The van der Waals surface area contributed by atoms with Crippen molar-refractivity contribution in [1.82, 2.24) is 29.7 Å². The maximum Gasteiger partial charge on any atom is 0.469 e. The van der Waals surface area contributed by atoms with E-state index in [9.17, 15) is 4.79 Å². The average molecular weight is 431 g/mol. The highest BCUT2D eigenvalue weighted by atomic mass is 16.5. The Labute approximate surface area is 182 Å². The van der Waals surface area contributed by atoms with Gasteiger partial charge in [0.2, 0.25) is 17.5 Å².